The lowest BCUT2D eigenvalue weighted by Gasteiger charge is -2.08. The van der Waals surface area contributed by atoms with Gasteiger partial charge in [-0.25, -0.2) is 0 Å². The van der Waals surface area contributed by atoms with Crippen LogP contribution in [0.2, 0.25) is 0 Å². The van der Waals surface area contributed by atoms with Crippen LogP contribution in [0.1, 0.15) is 30.5 Å². The summed E-state index contributed by atoms with van der Waals surface area (Å²) in [5, 5.41) is 0. The summed E-state index contributed by atoms with van der Waals surface area (Å²) in [4.78, 5) is 4.72. The summed E-state index contributed by atoms with van der Waals surface area (Å²) in [6.45, 7) is 4.35. The first-order chi connectivity index (χ1) is 9.26. The normalized spacial score (nSPS) is 11.1. The van der Waals surface area contributed by atoms with E-state index in [1.807, 2.05) is 24.4 Å². The van der Waals surface area contributed by atoms with Crippen LogP contribution in [0.25, 0.3) is 0 Å². The molecule has 0 spiro atoms. The maximum atomic E-state index is 4.72. The molecule has 0 aliphatic rings. The topological polar surface area (TPSA) is 12.4 Å². The molecule has 0 fully saturated rings. The molecule has 2 aromatic carbocycles. The number of benzene rings is 2. The van der Waals surface area contributed by atoms with Crippen molar-refractivity contribution in [3.63, 3.8) is 0 Å². The van der Waals surface area contributed by atoms with Gasteiger partial charge >= 0.3 is 0 Å². The molecule has 0 radical (unpaired) electrons. The Kier molecular flexibility index (Phi) is 4.92. The van der Waals surface area contributed by atoms with Gasteiger partial charge < -0.3 is 0 Å². The van der Waals surface area contributed by atoms with E-state index in [1.54, 1.807) is 0 Å². The first kappa shape index (κ1) is 14.0. The summed E-state index contributed by atoms with van der Waals surface area (Å²) >= 11 is 3.55. The second kappa shape index (κ2) is 6.67. The van der Waals surface area contributed by atoms with Crippen molar-refractivity contribution in [2.45, 2.75) is 26.7 Å². The van der Waals surface area contributed by atoms with Crippen LogP contribution in [0.3, 0.4) is 0 Å². The van der Waals surface area contributed by atoms with Gasteiger partial charge in [0, 0.05) is 16.3 Å². The molecule has 2 aromatic rings. The van der Waals surface area contributed by atoms with Crippen LogP contribution in [-0.2, 0) is 12.8 Å². The zero-order chi connectivity index (χ0) is 13.7. The molecular formula is C17H18BrN. The molecule has 0 aliphatic heterocycles. The fourth-order valence-corrected chi connectivity index (χ4v) is 2.48. The summed E-state index contributed by atoms with van der Waals surface area (Å²) in [7, 11) is 0. The maximum Gasteiger partial charge on any atom is 0.0693 e. The minimum Gasteiger partial charge on any atom is -0.256 e. The molecule has 0 bridgehead atoms. The zero-order valence-electron chi connectivity index (χ0n) is 11.4. The Balaban J connectivity index is 2.40. The summed E-state index contributed by atoms with van der Waals surface area (Å²) < 4.78 is 1.07. The molecule has 0 aromatic heterocycles. The van der Waals surface area contributed by atoms with E-state index in [9.17, 15) is 0 Å². The van der Waals surface area contributed by atoms with Crippen LogP contribution in [-0.4, -0.2) is 6.21 Å². The Labute approximate surface area is 123 Å². The summed E-state index contributed by atoms with van der Waals surface area (Å²) in [5.74, 6) is 0. The van der Waals surface area contributed by atoms with Gasteiger partial charge in [-0.15, -0.1) is 0 Å². The number of aryl methyl sites for hydroxylation is 2. The smallest absolute Gasteiger partial charge is 0.0693 e. The number of hydrogen-bond donors (Lipinski definition) is 0. The van der Waals surface area contributed by atoms with Gasteiger partial charge in [-0.2, -0.15) is 0 Å². The second-order valence-electron chi connectivity index (χ2n) is 4.41. The average Bonchev–Trinajstić information content (AvgIpc) is 2.46. The average molecular weight is 316 g/mol. The highest BCUT2D eigenvalue weighted by Crippen LogP contribution is 2.26. The van der Waals surface area contributed by atoms with Gasteiger partial charge in [0.2, 0.25) is 0 Å². The number of aliphatic imine (C=N–C) groups is 1. The molecule has 1 nitrogen and oxygen atoms in total. The van der Waals surface area contributed by atoms with Crippen LogP contribution in [0.15, 0.2) is 51.9 Å². The van der Waals surface area contributed by atoms with Crippen molar-refractivity contribution in [3.05, 3.63) is 63.6 Å². The van der Waals surface area contributed by atoms with Crippen molar-refractivity contribution in [2.24, 2.45) is 4.99 Å². The molecule has 0 aliphatic carbocycles. The Morgan fingerprint density at radius 2 is 1.58 bits per heavy atom. The minimum absolute atomic E-state index is 1.01. The standard InChI is InChI=1S/C17H18BrN/c1-3-13-9-7-10-14(4-2)17(13)19-12-15-8-5-6-11-16(15)18/h5-12H,3-4H2,1-2H3. The fourth-order valence-electron chi connectivity index (χ4n) is 2.09. The largest absolute Gasteiger partial charge is 0.256 e. The van der Waals surface area contributed by atoms with E-state index in [0.29, 0.717) is 0 Å². The lowest BCUT2D eigenvalue weighted by atomic mass is 10.0. The summed E-state index contributed by atoms with van der Waals surface area (Å²) in [6.07, 6.45) is 3.96. The highest BCUT2D eigenvalue weighted by Gasteiger charge is 2.04. The molecule has 98 valence electrons. The third kappa shape index (κ3) is 3.32. The molecule has 0 heterocycles. The Hall–Kier alpha value is -1.41. The lowest BCUT2D eigenvalue weighted by Crippen LogP contribution is -1.90. The molecule has 0 atom stereocenters. The number of nitrogens with zero attached hydrogens (tertiary/aromatic N) is 1. The van der Waals surface area contributed by atoms with E-state index in [4.69, 9.17) is 4.99 Å². The van der Waals surface area contributed by atoms with Crippen LogP contribution in [0, 0.1) is 0 Å². The molecule has 2 rings (SSSR count). The first-order valence-electron chi connectivity index (χ1n) is 6.65. The fraction of sp³-hybridized carbons (Fsp3) is 0.235. The predicted octanol–water partition coefficient (Wildman–Crippen LogP) is 5.32. The summed E-state index contributed by atoms with van der Waals surface area (Å²) in [6, 6.07) is 14.6. The van der Waals surface area contributed by atoms with Crippen molar-refractivity contribution < 1.29 is 0 Å². The van der Waals surface area contributed by atoms with Crippen molar-refractivity contribution in [2.75, 3.05) is 0 Å². The van der Waals surface area contributed by atoms with E-state index in [2.05, 4.69) is 54.0 Å². The number of para-hydroxylation sites is 1. The van der Waals surface area contributed by atoms with Crippen LogP contribution in [0.5, 0.6) is 0 Å². The number of rotatable bonds is 4. The first-order valence-corrected chi connectivity index (χ1v) is 7.45. The van der Waals surface area contributed by atoms with Gasteiger partial charge in [-0.1, -0.05) is 66.2 Å². The maximum absolute atomic E-state index is 4.72. The van der Waals surface area contributed by atoms with Gasteiger partial charge in [-0.3, -0.25) is 4.99 Å². The van der Waals surface area contributed by atoms with Crippen molar-refractivity contribution >= 4 is 27.8 Å². The van der Waals surface area contributed by atoms with Gasteiger partial charge in [0.25, 0.3) is 0 Å². The van der Waals surface area contributed by atoms with E-state index >= 15 is 0 Å². The SMILES string of the molecule is CCc1cccc(CC)c1N=Cc1ccccc1Br. The van der Waals surface area contributed by atoms with E-state index in [1.165, 1.54) is 11.1 Å². The van der Waals surface area contributed by atoms with E-state index in [0.717, 1.165) is 28.6 Å². The monoisotopic (exact) mass is 315 g/mol. The Bertz CT molecular complexity index is 565. The number of hydrogen-bond acceptors (Lipinski definition) is 1. The van der Waals surface area contributed by atoms with E-state index in [-0.39, 0.29) is 0 Å². The predicted molar refractivity (Wildman–Crippen MR) is 86.6 cm³/mol. The van der Waals surface area contributed by atoms with Gasteiger partial charge in [-0.05, 0) is 30.0 Å². The molecule has 0 amide bonds. The summed E-state index contributed by atoms with van der Waals surface area (Å²) in [5.41, 5.74) is 4.85. The molecule has 0 saturated carbocycles. The van der Waals surface area contributed by atoms with Crippen LogP contribution >= 0.6 is 15.9 Å². The van der Waals surface area contributed by atoms with Gasteiger partial charge in [0.15, 0.2) is 0 Å². The minimum atomic E-state index is 1.01. The quantitative estimate of drug-likeness (QED) is 0.677. The van der Waals surface area contributed by atoms with Gasteiger partial charge in [0.05, 0.1) is 5.69 Å². The highest BCUT2D eigenvalue weighted by molar-refractivity contribution is 9.10. The lowest BCUT2D eigenvalue weighted by molar-refractivity contribution is 1.08. The second-order valence-corrected chi connectivity index (χ2v) is 5.27. The molecule has 0 unspecified atom stereocenters. The Morgan fingerprint density at radius 3 is 2.16 bits per heavy atom. The Morgan fingerprint density at radius 1 is 0.947 bits per heavy atom. The third-order valence-corrected chi connectivity index (χ3v) is 3.93. The zero-order valence-corrected chi connectivity index (χ0v) is 12.9. The van der Waals surface area contributed by atoms with Crippen LogP contribution in [0.4, 0.5) is 5.69 Å². The molecule has 2 heteroatoms. The van der Waals surface area contributed by atoms with E-state index < -0.39 is 0 Å². The molecule has 19 heavy (non-hydrogen) atoms. The van der Waals surface area contributed by atoms with Gasteiger partial charge in [0.1, 0.15) is 0 Å². The van der Waals surface area contributed by atoms with Crippen molar-refractivity contribution in [1.82, 2.24) is 0 Å². The highest BCUT2D eigenvalue weighted by atomic mass is 79.9. The van der Waals surface area contributed by atoms with Crippen molar-refractivity contribution in [3.8, 4) is 0 Å². The number of halogens is 1. The molecule has 0 saturated heterocycles. The third-order valence-electron chi connectivity index (χ3n) is 3.20. The van der Waals surface area contributed by atoms with Crippen molar-refractivity contribution in [1.29, 1.82) is 0 Å². The molecule has 0 N–H and O–H groups in total. The van der Waals surface area contributed by atoms with Crippen LogP contribution < -0.4 is 0 Å². The molecular weight excluding hydrogens is 298 g/mol.